The average molecular weight is 510 g/mol. The van der Waals surface area contributed by atoms with Crippen molar-refractivity contribution < 1.29 is 18.7 Å². The number of amides is 1. The normalized spacial score (nSPS) is 17.3. The number of nitrogens with zero attached hydrogens (tertiary/aromatic N) is 5. The Bertz CT molecular complexity index is 1280. The summed E-state index contributed by atoms with van der Waals surface area (Å²) in [6.07, 6.45) is 1.87. The molecule has 0 bridgehead atoms. The molecule has 13 nitrogen and oxygen atoms in total. The number of carbonyl (C=O) groups excluding carboxylic acids is 1. The zero-order valence-electron chi connectivity index (χ0n) is 20.6. The Hall–Kier alpha value is -3.94. The molecule has 2 fully saturated rings. The molecule has 1 amide bonds. The van der Waals surface area contributed by atoms with Gasteiger partial charge in [-0.25, -0.2) is 16.4 Å². The summed E-state index contributed by atoms with van der Waals surface area (Å²) in [6.45, 7) is 3.99. The minimum absolute atomic E-state index is 0.190. The van der Waals surface area contributed by atoms with Crippen LogP contribution >= 0.6 is 0 Å². The number of amidine groups is 1. The highest BCUT2D eigenvalue weighted by molar-refractivity contribution is 6.09. The monoisotopic (exact) mass is 509 g/mol. The second-order valence-electron chi connectivity index (χ2n) is 8.86. The van der Waals surface area contributed by atoms with Crippen LogP contribution in [0.1, 0.15) is 28.8 Å². The molecule has 5 rings (SSSR count). The highest BCUT2D eigenvalue weighted by atomic mass is 16.5. The Morgan fingerprint density at radius 1 is 1.14 bits per heavy atom. The predicted molar refractivity (Wildman–Crippen MR) is 140 cm³/mol. The number of oxazole rings is 1. The molecule has 3 aromatic rings. The average Bonchev–Trinajstić information content (AvgIpc) is 3.36. The molecule has 0 saturated carbocycles. The number of ether oxygens (including phenoxy) is 2. The number of hydrogen-bond donors (Lipinski definition) is 4. The molecule has 2 saturated heterocycles. The fraction of sp³-hybridized carbons (Fsp3) is 0.417. The largest absolute Gasteiger partial charge is 0.422 e. The maximum Gasteiger partial charge on any atom is 0.300 e. The zero-order chi connectivity index (χ0) is 25.8. The Balaban J connectivity index is 1.48. The molecule has 2 aliphatic heterocycles. The van der Waals surface area contributed by atoms with Gasteiger partial charge in [0.15, 0.2) is 11.4 Å². The van der Waals surface area contributed by atoms with Crippen LogP contribution in [-0.2, 0) is 9.47 Å². The van der Waals surface area contributed by atoms with Gasteiger partial charge in [-0.15, -0.1) is 5.10 Å². The van der Waals surface area contributed by atoms with Gasteiger partial charge in [0, 0.05) is 50.6 Å². The van der Waals surface area contributed by atoms with Crippen LogP contribution in [0.25, 0.3) is 11.2 Å². The molecule has 37 heavy (non-hydrogen) atoms. The Morgan fingerprint density at radius 2 is 1.92 bits per heavy atom. The summed E-state index contributed by atoms with van der Waals surface area (Å²) < 4.78 is 17.0. The van der Waals surface area contributed by atoms with Crippen LogP contribution in [0.2, 0.25) is 0 Å². The van der Waals surface area contributed by atoms with Crippen molar-refractivity contribution in [2.75, 3.05) is 61.6 Å². The van der Waals surface area contributed by atoms with Crippen molar-refractivity contribution in [3.05, 3.63) is 41.5 Å². The first kappa shape index (κ1) is 24.7. The molecule has 6 N–H and O–H groups in total. The topological polar surface area (TPSA) is 169 Å². The SMILES string of the molecule is COC1CCN(c2nc3nc(N4CCOCC4)oc3cc2C(=O)Nc2cccc(/C(N)=N/NN)c2)CC1. The van der Waals surface area contributed by atoms with Gasteiger partial charge in [-0.3, -0.25) is 4.79 Å². The number of nitrogens with one attached hydrogen (secondary N) is 2. The summed E-state index contributed by atoms with van der Waals surface area (Å²) >= 11 is 0. The lowest BCUT2D eigenvalue weighted by Gasteiger charge is -2.32. The molecule has 13 heteroatoms. The van der Waals surface area contributed by atoms with Crippen molar-refractivity contribution in [1.82, 2.24) is 15.5 Å². The van der Waals surface area contributed by atoms with Gasteiger partial charge < -0.3 is 34.7 Å². The van der Waals surface area contributed by atoms with Crippen LogP contribution in [0.15, 0.2) is 39.9 Å². The Morgan fingerprint density at radius 3 is 2.65 bits per heavy atom. The van der Waals surface area contributed by atoms with E-state index in [9.17, 15) is 4.79 Å². The quantitative estimate of drug-likeness (QED) is 0.155. The van der Waals surface area contributed by atoms with E-state index < -0.39 is 0 Å². The Labute approximate surface area is 213 Å². The number of benzene rings is 1. The number of nitrogens with two attached hydrogens (primary N) is 2. The highest BCUT2D eigenvalue weighted by Crippen LogP contribution is 2.30. The minimum atomic E-state index is -0.327. The lowest BCUT2D eigenvalue weighted by Crippen LogP contribution is -2.38. The number of fused-ring (bicyclic) bond motifs is 1. The number of hydrogen-bond acceptors (Lipinski definition) is 11. The molecule has 2 aliphatic rings. The number of carbonyl (C=O) groups is 1. The number of aromatic nitrogens is 2. The molecule has 0 atom stereocenters. The van der Waals surface area contributed by atoms with E-state index in [1.807, 2.05) is 4.90 Å². The maximum atomic E-state index is 13.6. The smallest absolute Gasteiger partial charge is 0.300 e. The maximum absolute atomic E-state index is 13.6. The number of methoxy groups -OCH3 is 1. The number of pyridine rings is 1. The molecular formula is C24H31N9O4. The van der Waals surface area contributed by atoms with Crippen LogP contribution in [0, 0.1) is 0 Å². The van der Waals surface area contributed by atoms with E-state index in [1.54, 1.807) is 37.4 Å². The lowest BCUT2D eigenvalue weighted by atomic mass is 10.1. The second-order valence-corrected chi connectivity index (χ2v) is 8.86. The summed E-state index contributed by atoms with van der Waals surface area (Å²) in [5.41, 5.74) is 10.6. The number of rotatable bonds is 7. The van der Waals surface area contributed by atoms with E-state index in [1.165, 1.54) is 0 Å². The van der Waals surface area contributed by atoms with Gasteiger partial charge in [0.1, 0.15) is 5.82 Å². The molecule has 0 aliphatic carbocycles. The second kappa shape index (κ2) is 11.0. The van der Waals surface area contributed by atoms with Crippen LogP contribution in [0.3, 0.4) is 0 Å². The predicted octanol–water partition coefficient (Wildman–Crippen LogP) is 1.01. The van der Waals surface area contributed by atoms with E-state index in [4.69, 9.17) is 30.5 Å². The number of morpholine rings is 1. The molecule has 1 aromatic carbocycles. The van der Waals surface area contributed by atoms with Crippen LogP contribution in [-0.4, -0.2) is 74.3 Å². The summed E-state index contributed by atoms with van der Waals surface area (Å²) in [6, 6.07) is 9.22. The van der Waals surface area contributed by atoms with Crippen LogP contribution in [0.5, 0.6) is 0 Å². The van der Waals surface area contributed by atoms with Gasteiger partial charge in [0.2, 0.25) is 5.65 Å². The van der Waals surface area contributed by atoms with Crippen LogP contribution in [0.4, 0.5) is 17.5 Å². The van der Waals surface area contributed by atoms with Gasteiger partial charge in [0.25, 0.3) is 11.9 Å². The van der Waals surface area contributed by atoms with Crippen molar-refractivity contribution in [3.63, 3.8) is 0 Å². The van der Waals surface area contributed by atoms with Gasteiger partial charge in [-0.05, 0) is 25.0 Å². The summed E-state index contributed by atoms with van der Waals surface area (Å²) in [7, 11) is 1.72. The minimum Gasteiger partial charge on any atom is -0.422 e. The third kappa shape index (κ3) is 5.43. The number of hydrazine groups is 1. The van der Waals surface area contributed by atoms with Gasteiger partial charge in [-0.2, -0.15) is 4.98 Å². The fourth-order valence-electron chi connectivity index (χ4n) is 4.53. The number of anilines is 3. The third-order valence-corrected chi connectivity index (χ3v) is 6.55. The van der Waals surface area contributed by atoms with Crippen molar-refractivity contribution in [2.45, 2.75) is 18.9 Å². The molecular weight excluding hydrogens is 478 g/mol. The lowest BCUT2D eigenvalue weighted by molar-refractivity contribution is 0.0817. The summed E-state index contributed by atoms with van der Waals surface area (Å²) in [5.74, 6) is 5.66. The van der Waals surface area contributed by atoms with Crippen molar-refractivity contribution in [2.24, 2.45) is 16.7 Å². The number of hydrazone groups is 1. The van der Waals surface area contributed by atoms with Crippen molar-refractivity contribution >= 4 is 40.5 Å². The molecule has 2 aromatic heterocycles. The number of piperidine rings is 1. The van der Waals surface area contributed by atoms with E-state index in [-0.39, 0.29) is 17.8 Å². The van der Waals surface area contributed by atoms with E-state index >= 15 is 0 Å². The van der Waals surface area contributed by atoms with Gasteiger partial charge in [0.05, 0.1) is 24.9 Å². The molecule has 0 radical (unpaired) electrons. The highest BCUT2D eigenvalue weighted by Gasteiger charge is 2.27. The first-order chi connectivity index (χ1) is 18.1. The van der Waals surface area contributed by atoms with Crippen LogP contribution < -0.4 is 32.2 Å². The Kier molecular flexibility index (Phi) is 7.35. The third-order valence-electron chi connectivity index (χ3n) is 6.55. The molecule has 4 heterocycles. The molecule has 196 valence electrons. The standard InChI is InChI=1S/C24H31N9O4/c1-35-17-5-7-32(8-6-17)22-18(23(34)27-16-4-2-3-15(13-16)20(25)30-31-26)14-19-21(28-22)29-24(37-19)33-9-11-36-12-10-33/h2-4,13-14,17,31H,5-12,26H2,1H3,(H2,25,30)(H,27,34). The van der Waals surface area contributed by atoms with Gasteiger partial charge >= 0.3 is 0 Å². The first-order valence-corrected chi connectivity index (χ1v) is 12.2. The van der Waals surface area contributed by atoms with Gasteiger partial charge in [-0.1, -0.05) is 12.1 Å². The van der Waals surface area contributed by atoms with Crippen molar-refractivity contribution in [1.29, 1.82) is 0 Å². The van der Waals surface area contributed by atoms with E-state index in [2.05, 4.69) is 25.8 Å². The zero-order valence-corrected chi connectivity index (χ0v) is 20.6. The van der Waals surface area contributed by atoms with E-state index in [0.29, 0.717) is 79.3 Å². The fourth-order valence-corrected chi connectivity index (χ4v) is 4.53. The summed E-state index contributed by atoms with van der Waals surface area (Å²) in [4.78, 5) is 27.1. The first-order valence-electron chi connectivity index (χ1n) is 12.2. The van der Waals surface area contributed by atoms with E-state index in [0.717, 1.165) is 12.8 Å². The van der Waals surface area contributed by atoms with Crippen molar-refractivity contribution in [3.8, 4) is 0 Å². The molecule has 0 spiro atoms. The summed E-state index contributed by atoms with van der Waals surface area (Å²) in [5, 5.41) is 6.74. The molecule has 0 unspecified atom stereocenters.